The second-order valence-corrected chi connectivity index (χ2v) is 4.93. The molecule has 18 heavy (non-hydrogen) atoms. The Balaban J connectivity index is 3.22. The van der Waals surface area contributed by atoms with Crippen molar-refractivity contribution in [3.63, 3.8) is 0 Å². The first-order valence-corrected chi connectivity index (χ1v) is 5.41. The third kappa shape index (κ3) is 2.85. The molecule has 0 aliphatic carbocycles. The van der Waals surface area contributed by atoms with E-state index in [9.17, 15) is 14.0 Å². The SMILES string of the molecule is Cc1cc(F)c(CC(C)(C)C(=O)O)cc1C(=O)O. The fourth-order valence-corrected chi connectivity index (χ4v) is 1.64. The predicted octanol–water partition coefficient (Wildman–Crippen LogP) is 2.49. The topological polar surface area (TPSA) is 74.6 Å². The van der Waals surface area contributed by atoms with Crippen LogP contribution in [0.5, 0.6) is 0 Å². The van der Waals surface area contributed by atoms with Gasteiger partial charge in [0, 0.05) is 0 Å². The van der Waals surface area contributed by atoms with Crippen LogP contribution < -0.4 is 0 Å². The Kier molecular flexibility index (Phi) is 3.74. The van der Waals surface area contributed by atoms with Crippen LogP contribution in [0.2, 0.25) is 0 Å². The largest absolute Gasteiger partial charge is 0.481 e. The number of halogens is 1. The summed E-state index contributed by atoms with van der Waals surface area (Å²) in [6.45, 7) is 4.43. The van der Waals surface area contributed by atoms with Gasteiger partial charge in [0.2, 0.25) is 0 Å². The van der Waals surface area contributed by atoms with E-state index >= 15 is 0 Å². The van der Waals surface area contributed by atoms with Crippen molar-refractivity contribution in [2.45, 2.75) is 27.2 Å². The maximum Gasteiger partial charge on any atom is 0.335 e. The minimum absolute atomic E-state index is 0.00686. The fourth-order valence-electron chi connectivity index (χ4n) is 1.64. The van der Waals surface area contributed by atoms with E-state index in [1.807, 2.05) is 0 Å². The van der Waals surface area contributed by atoms with Gasteiger partial charge in [0.1, 0.15) is 5.82 Å². The van der Waals surface area contributed by atoms with Crippen LogP contribution in [0, 0.1) is 18.2 Å². The number of rotatable bonds is 4. The van der Waals surface area contributed by atoms with Gasteiger partial charge in [0.25, 0.3) is 0 Å². The van der Waals surface area contributed by atoms with Crippen LogP contribution in [-0.2, 0) is 11.2 Å². The molecule has 1 rings (SSSR count). The van der Waals surface area contributed by atoms with Gasteiger partial charge in [0.05, 0.1) is 11.0 Å². The number of benzene rings is 1. The molecule has 0 spiro atoms. The molecule has 0 atom stereocenters. The number of aromatic carboxylic acids is 1. The summed E-state index contributed by atoms with van der Waals surface area (Å²) < 4.78 is 13.7. The van der Waals surface area contributed by atoms with Gasteiger partial charge in [-0.3, -0.25) is 4.79 Å². The minimum atomic E-state index is -1.15. The standard InChI is InChI=1S/C13H15FO4/c1-7-4-10(14)8(5-9(7)11(15)16)6-13(2,3)12(17)18/h4-5H,6H2,1-3H3,(H,15,16)(H,17,18). The summed E-state index contributed by atoms with van der Waals surface area (Å²) in [7, 11) is 0. The number of carboxylic acids is 2. The number of hydrogen-bond donors (Lipinski definition) is 2. The zero-order chi connectivity index (χ0) is 14.1. The summed E-state index contributed by atoms with van der Waals surface area (Å²) in [5.74, 6) is -2.78. The van der Waals surface area contributed by atoms with Crippen molar-refractivity contribution in [2.75, 3.05) is 0 Å². The second-order valence-electron chi connectivity index (χ2n) is 4.93. The van der Waals surface area contributed by atoms with Crippen molar-refractivity contribution in [3.8, 4) is 0 Å². The highest BCUT2D eigenvalue weighted by Crippen LogP contribution is 2.25. The van der Waals surface area contributed by atoms with Gasteiger partial charge in [0.15, 0.2) is 0 Å². The van der Waals surface area contributed by atoms with Crippen molar-refractivity contribution >= 4 is 11.9 Å². The molecule has 0 heterocycles. The van der Waals surface area contributed by atoms with E-state index in [2.05, 4.69) is 0 Å². The molecule has 1 aromatic rings. The number of carboxylic acid groups (broad SMARTS) is 2. The molecule has 0 aliphatic heterocycles. The molecular weight excluding hydrogens is 239 g/mol. The molecule has 4 nitrogen and oxygen atoms in total. The van der Waals surface area contributed by atoms with Crippen LogP contribution in [0.25, 0.3) is 0 Å². The van der Waals surface area contributed by atoms with Crippen molar-refractivity contribution in [1.82, 2.24) is 0 Å². The first-order chi connectivity index (χ1) is 8.15. The normalized spacial score (nSPS) is 11.3. The van der Waals surface area contributed by atoms with Crippen LogP contribution in [0.15, 0.2) is 12.1 Å². The Morgan fingerprint density at radius 3 is 2.28 bits per heavy atom. The Morgan fingerprint density at radius 1 is 1.28 bits per heavy atom. The molecule has 0 aliphatic rings. The maximum atomic E-state index is 13.7. The van der Waals surface area contributed by atoms with E-state index in [1.54, 1.807) is 0 Å². The Labute approximate surface area is 104 Å². The third-order valence-electron chi connectivity index (χ3n) is 2.84. The molecule has 5 heteroatoms. The fraction of sp³-hybridized carbons (Fsp3) is 0.385. The first-order valence-electron chi connectivity index (χ1n) is 5.41. The summed E-state index contributed by atoms with van der Waals surface area (Å²) in [6.07, 6.45) is -0.0608. The smallest absolute Gasteiger partial charge is 0.335 e. The van der Waals surface area contributed by atoms with Crippen molar-refractivity contribution in [3.05, 3.63) is 34.6 Å². The lowest BCUT2D eigenvalue weighted by molar-refractivity contribution is -0.146. The number of aliphatic carboxylic acids is 1. The minimum Gasteiger partial charge on any atom is -0.481 e. The average Bonchev–Trinajstić information content (AvgIpc) is 2.21. The molecule has 1 aromatic carbocycles. The van der Waals surface area contributed by atoms with Crippen LogP contribution in [-0.4, -0.2) is 22.2 Å². The molecule has 0 fully saturated rings. The first kappa shape index (κ1) is 14.2. The van der Waals surface area contributed by atoms with Crippen molar-refractivity contribution < 1.29 is 24.2 Å². The highest BCUT2D eigenvalue weighted by Gasteiger charge is 2.29. The molecular formula is C13H15FO4. The summed E-state index contributed by atoms with van der Waals surface area (Å²) in [5.41, 5.74) is -0.735. The van der Waals surface area contributed by atoms with Gasteiger partial charge >= 0.3 is 11.9 Å². The van der Waals surface area contributed by atoms with E-state index < -0.39 is 23.2 Å². The zero-order valence-electron chi connectivity index (χ0n) is 10.5. The average molecular weight is 254 g/mol. The number of aryl methyl sites for hydroxylation is 1. The van der Waals surface area contributed by atoms with Crippen LogP contribution in [0.3, 0.4) is 0 Å². The highest BCUT2D eigenvalue weighted by atomic mass is 19.1. The quantitative estimate of drug-likeness (QED) is 0.865. The van der Waals surface area contributed by atoms with E-state index in [1.165, 1.54) is 26.8 Å². The molecule has 0 radical (unpaired) electrons. The Hall–Kier alpha value is -1.91. The van der Waals surface area contributed by atoms with Crippen LogP contribution in [0.1, 0.15) is 35.3 Å². The Bertz CT molecular complexity index is 506. The molecule has 0 bridgehead atoms. The van der Waals surface area contributed by atoms with Gasteiger partial charge in [-0.15, -0.1) is 0 Å². The van der Waals surface area contributed by atoms with E-state index in [-0.39, 0.29) is 17.5 Å². The van der Waals surface area contributed by atoms with E-state index in [4.69, 9.17) is 10.2 Å². The molecule has 0 saturated heterocycles. The number of hydrogen-bond acceptors (Lipinski definition) is 2. The molecule has 0 unspecified atom stereocenters. The molecule has 0 aromatic heterocycles. The molecule has 2 N–H and O–H groups in total. The van der Waals surface area contributed by atoms with Crippen molar-refractivity contribution in [1.29, 1.82) is 0 Å². The molecule has 0 amide bonds. The number of carbonyl (C=O) groups is 2. The summed E-state index contributed by atoms with van der Waals surface area (Å²) in [5, 5.41) is 17.9. The zero-order valence-corrected chi connectivity index (χ0v) is 10.5. The van der Waals surface area contributed by atoms with Crippen molar-refractivity contribution in [2.24, 2.45) is 5.41 Å². The molecule has 98 valence electrons. The lowest BCUT2D eigenvalue weighted by Gasteiger charge is -2.20. The van der Waals surface area contributed by atoms with Gasteiger partial charge in [-0.2, -0.15) is 0 Å². The second kappa shape index (κ2) is 4.76. The van der Waals surface area contributed by atoms with Gasteiger partial charge in [-0.25, -0.2) is 9.18 Å². The predicted molar refractivity (Wildman–Crippen MR) is 63.2 cm³/mol. The lowest BCUT2D eigenvalue weighted by Crippen LogP contribution is -2.26. The van der Waals surface area contributed by atoms with Gasteiger partial charge < -0.3 is 10.2 Å². The van der Waals surface area contributed by atoms with E-state index in [0.717, 1.165) is 6.07 Å². The lowest BCUT2D eigenvalue weighted by atomic mass is 9.85. The maximum absolute atomic E-state index is 13.7. The molecule has 0 saturated carbocycles. The van der Waals surface area contributed by atoms with Crippen LogP contribution >= 0.6 is 0 Å². The monoisotopic (exact) mass is 254 g/mol. The highest BCUT2D eigenvalue weighted by molar-refractivity contribution is 5.89. The van der Waals surface area contributed by atoms with Crippen LogP contribution in [0.4, 0.5) is 4.39 Å². The summed E-state index contributed by atoms with van der Waals surface area (Å²) in [4.78, 5) is 21.9. The Morgan fingerprint density at radius 2 is 1.83 bits per heavy atom. The summed E-state index contributed by atoms with van der Waals surface area (Å²) in [6, 6.07) is 2.33. The van der Waals surface area contributed by atoms with E-state index in [0.29, 0.717) is 5.56 Å². The van der Waals surface area contributed by atoms with Gasteiger partial charge in [-0.1, -0.05) is 0 Å². The van der Waals surface area contributed by atoms with Gasteiger partial charge in [-0.05, 0) is 50.5 Å². The third-order valence-corrected chi connectivity index (χ3v) is 2.84. The summed E-state index contributed by atoms with van der Waals surface area (Å²) >= 11 is 0.